The summed E-state index contributed by atoms with van der Waals surface area (Å²) >= 11 is 0. The summed E-state index contributed by atoms with van der Waals surface area (Å²) in [5.41, 5.74) is 3.84. The predicted octanol–water partition coefficient (Wildman–Crippen LogP) is 1.95. The van der Waals surface area contributed by atoms with Crippen LogP contribution in [0.15, 0.2) is 24.3 Å². The predicted molar refractivity (Wildman–Crippen MR) is 115 cm³/mol. The second-order valence-corrected chi connectivity index (χ2v) is 8.20. The van der Waals surface area contributed by atoms with E-state index in [1.54, 1.807) is 7.11 Å². The van der Waals surface area contributed by atoms with Crippen LogP contribution in [0, 0.1) is 0 Å². The zero-order valence-electron chi connectivity index (χ0n) is 18.2. The minimum absolute atomic E-state index is 0.0863. The summed E-state index contributed by atoms with van der Waals surface area (Å²) in [5.74, 6) is 0.538. The van der Waals surface area contributed by atoms with E-state index in [0.29, 0.717) is 31.7 Å². The molecule has 1 aromatic heterocycles. The van der Waals surface area contributed by atoms with Gasteiger partial charge in [0.25, 0.3) is 5.91 Å². The fourth-order valence-electron chi connectivity index (χ4n) is 3.97. The molecule has 0 bridgehead atoms. The lowest BCUT2D eigenvalue weighted by atomic mass is 10.0. The molecule has 1 saturated carbocycles. The SMILES string of the molecule is COC(=O)CCN1CCc2c(c(C(=O)NC3CC3)nn2CCc2ccc(OC)cc2)C1. The van der Waals surface area contributed by atoms with E-state index in [1.807, 2.05) is 16.8 Å². The van der Waals surface area contributed by atoms with Crippen LogP contribution in [0.3, 0.4) is 0 Å². The van der Waals surface area contributed by atoms with Gasteiger partial charge in [0.2, 0.25) is 0 Å². The molecule has 166 valence electrons. The molecule has 1 fully saturated rings. The number of fused-ring (bicyclic) bond motifs is 1. The molecule has 1 aromatic carbocycles. The van der Waals surface area contributed by atoms with Gasteiger partial charge >= 0.3 is 5.97 Å². The summed E-state index contributed by atoms with van der Waals surface area (Å²) in [6.07, 6.45) is 4.06. The minimum atomic E-state index is -0.215. The lowest BCUT2D eigenvalue weighted by Crippen LogP contribution is -2.34. The normalized spacial score (nSPS) is 15.9. The smallest absolute Gasteiger partial charge is 0.306 e. The zero-order valence-corrected chi connectivity index (χ0v) is 18.2. The standard InChI is InChI=1S/C23H30N4O4/c1-30-18-7-3-16(4-8-18)9-14-27-20-10-12-26(13-11-21(28)31-2)15-19(20)22(25-27)23(29)24-17-5-6-17/h3-4,7-8,17H,5-6,9-15H2,1-2H3,(H,24,29). The van der Waals surface area contributed by atoms with E-state index in [-0.39, 0.29) is 17.9 Å². The first-order chi connectivity index (χ1) is 15.1. The number of ether oxygens (including phenoxy) is 2. The molecular formula is C23H30N4O4. The Morgan fingerprint density at radius 1 is 1.16 bits per heavy atom. The molecule has 0 unspecified atom stereocenters. The first-order valence-electron chi connectivity index (χ1n) is 10.9. The van der Waals surface area contributed by atoms with Gasteiger partial charge in [-0.2, -0.15) is 5.10 Å². The van der Waals surface area contributed by atoms with E-state index >= 15 is 0 Å². The Labute approximate surface area is 182 Å². The fraction of sp³-hybridized carbons (Fsp3) is 0.522. The van der Waals surface area contributed by atoms with Crippen LogP contribution in [0.2, 0.25) is 0 Å². The molecule has 1 aliphatic heterocycles. The summed E-state index contributed by atoms with van der Waals surface area (Å²) < 4.78 is 12.0. The van der Waals surface area contributed by atoms with Crippen molar-refractivity contribution in [1.82, 2.24) is 20.0 Å². The average molecular weight is 427 g/mol. The van der Waals surface area contributed by atoms with E-state index in [2.05, 4.69) is 22.3 Å². The molecule has 0 radical (unpaired) electrons. The highest BCUT2D eigenvalue weighted by atomic mass is 16.5. The van der Waals surface area contributed by atoms with E-state index in [9.17, 15) is 9.59 Å². The van der Waals surface area contributed by atoms with E-state index in [4.69, 9.17) is 14.6 Å². The summed E-state index contributed by atoms with van der Waals surface area (Å²) in [5, 5.41) is 7.80. The number of esters is 1. The van der Waals surface area contributed by atoms with Gasteiger partial charge in [-0.3, -0.25) is 19.2 Å². The molecule has 8 nitrogen and oxygen atoms in total. The Morgan fingerprint density at radius 3 is 2.61 bits per heavy atom. The summed E-state index contributed by atoms with van der Waals surface area (Å²) in [7, 11) is 3.07. The van der Waals surface area contributed by atoms with Crippen molar-refractivity contribution in [2.24, 2.45) is 0 Å². The van der Waals surface area contributed by atoms with Crippen LogP contribution in [0.5, 0.6) is 5.75 Å². The number of carbonyl (C=O) groups excluding carboxylic acids is 2. The first kappa shape index (κ1) is 21.4. The highest BCUT2D eigenvalue weighted by Gasteiger charge is 2.31. The monoisotopic (exact) mass is 426 g/mol. The highest BCUT2D eigenvalue weighted by Crippen LogP contribution is 2.25. The van der Waals surface area contributed by atoms with Crippen LogP contribution in [0.1, 0.15) is 46.6 Å². The molecule has 1 N–H and O–H groups in total. The molecule has 2 heterocycles. The van der Waals surface area contributed by atoms with Crippen LogP contribution in [-0.4, -0.2) is 59.9 Å². The van der Waals surface area contributed by atoms with Gasteiger partial charge in [-0.15, -0.1) is 0 Å². The van der Waals surface area contributed by atoms with Crippen molar-refractivity contribution < 1.29 is 19.1 Å². The average Bonchev–Trinajstić information content (AvgIpc) is 3.54. The lowest BCUT2D eigenvalue weighted by molar-refractivity contribution is -0.141. The maximum atomic E-state index is 12.9. The third-order valence-corrected chi connectivity index (χ3v) is 5.97. The number of methoxy groups -OCH3 is 2. The number of nitrogens with one attached hydrogen (secondary N) is 1. The largest absolute Gasteiger partial charge is 0.497 e. The van der Waals surface area contributed by atoms with Crippen molar-refractivity contribution in [3.05, 3.63) is 46.8 Å². The van der Waals surface area contributed by atoms with Gasteiger partial charge in [0.15, 0.2) is 5.69 Å². The fourth-order valence-corrected chi connectivity index (χ4v) is 3.97. The van der Waals surface area contributed by atoms with Crippen LogP contribution in [0.25, 0.3) is 0 Å². The van der Waals surface area contributed by atoms with Gasteiger partial charge < -0.3 is 14.8 Å². The molecule has 0 spiro atoms. The maximum Gasteiger partial charge on any atom is 0.306 e. The molecule has 4 rings (SSSR count). The number of carbonyl (C=O) groups is 2. The Bertz CT molecular complexity index is 934. The van der Waals surface area contributed by atoms with E-state index in [0.717, 1.165) is 49.2 Å². The second-order valence-electron chi connectivity index (χ2n) is 8.20. The summed E-state index contributed by atoms with van der Waals surface area (Å²) in [6.45, 7) is 2.80. The van der Waals surface area contributed by atoms with Gasteiger partial charge in [0.05, 0.1) is 20.6 Å². The number of benzene rings is 1. The number of nitrogens with zero attached hydrogens (tertiary/aromatic N) is 3. The molecule has 31 heavy (non-hydrogen) atoms. The zero-order chi connectivity index (χ0) is 21.8. The molecule has 2 aromatic rings. The van der Waals surface area contributed by atoms with Gasteiger partial charge in [-0.05, 0) is 37.0 Å². The Hall–Kier alpha value is -2.87. The first-order valence-corrected chi connectivity index (χ1v) is 10.9. The van der Waals surface area contributed by atoms with Gasteiger partial charge in [0.1, 0.15) is 5.75 Å². The number of hydrogen-bond donors (Lipinski definition) is 1. The lowest BCUT2D eigenvalue weighted by Gasteiger charge is -2.27. The molecule has 2 aliphatic rings. The van der Waals surface area contributed by atoms with E-state index < -0.39 is 0 Å². The van der Waals surface area contributed by atoms with Crippen LogP contribution < -0.4 is 10.1 Å². The maximum absolute atomic E-state index is 12.9. The molecule has 1 amide bonds. The molecule has 0 atom stereocenters. The Balaban J connectivity index is 1.50. The van der Waals surface area contributed by atoms with Gasteiger partial charge in [-0.25, -0.2) is 0 Å². The van der Waals surface area contributed by atoms with E-state index in [1.165, 1.54) is 12.7 Å². The van der Waals surface area contributed by atoms with Gasteiger partial charge in [-0.1, -0.05) is 12.1 Å². The van der Waals surface area contributed by atoms with Crippen LogP contribution in [-0.2, 0) is 35.5 Å². The Kier molecular flexibility index (Phi) is 6.56. The van der Waals surface area contributed by atoms with Crippen LogP contribution in [0.4, 0.5) is 0 Å². The van der Waals surface area contributed by atoms with Crippen molar-refractivity contribution in [1.29, 1.82) is 0 Å². The topological polar surface area (TPSA) is 85.7 Å². The van der Waals surface area contributed by atoms with Crippen LogP contribution >= 0.6 is 0 Å². The van der Waals surface area contributed by atoms with Crippen molar-refractivity contribution in [2.75, 3.05) is 27.3 Å². The second kappa shape index (κ2) is 9.51. The van der Waals surface area contributed by atoms with Crippen molar-refractivity contribution >= 4 is 11.9 Å². The molecular weight excluding hydrogens is 396 g/mol. The minimum Gasteiger partial charge on any atom is -0.497 e. The van der Waals surface area contributed by atoms with Crippen molar-refractivity contribution in [3.8, 4) is 5.75 Å². The molecule has 8 heteroatoms. The molecule has 1 aliphatic carbocycles. The van der Waals surface area contributed by atoms with Crippen molar-refractivity contribution in [3.63, 3.8) is 0 Å². The quantitative estimate of drug-likeness (QED) is 0.617. The molecule has 0 saturated heterocycles. The third-order valence-electron chi connectivity index (χ3n) is 5.97. The summed E-state index contributed by atoms with van der Waals surface area (Å²) in [6, 6.07) is 8.32. The van der Waals surface area contributed by atoms with Gasteiger partial charge in [0, 0.05) is 49.9 Å². The third kappa shape index (κ3) is 5.25. The number of amides is 1. The van der Waals surface area contributed by atoms with Crippen molar-refractivity contribution in [2.45, 2.75) is 51.2 Å². The number of hydrogen-bond acceptors (Lipinski definition) is 6. The number of aromatic nitrogens is 2. The summed E-state index contributed by atoms with van der Waals surface area (Å²) in [4.78, 5) is 26.6. The highest BCUT2D eigenvalue weighted by molar-refractivity contribution is 5.94. The number of rotatable bonds is 9. The number of aryl methyl sites for hydroxylation is 2. The Morgan fingerprint density at radius 2 is 1.94 bits per heavy atom.